The summed E-state index contributed by atoms with van der Waals surface area (Å²) in [7, 11) is 0. The van der Waals surface area contributed by atoms with Crippen molar-refractivity contribution >= 4 is 17.0 Å². The molecule has 0 atom stereocenters. The fourth-order valence-corrected chi connectivity index (χ4v) is 1.78. The highest BCUT2D eigenvalue weighted by atomic mass is 15.1. The Morgan fingerprint density at radius 1 is 1.24 bits per heavy atom. The maximum atomic E-state index is 4.22. The van der Waals surface area contributed by atoms with Crippen LogP contribution in [0.1, 0.15) is 33.1 Å². The van der Waals surface area contributed by atoms with Crippen molar-refractivity contribution in [3.05, 3.63) is 12.7 Å². The lowest BCUT2D eigenvalue weighted by Crippen LogP contribution is -2.04. The largest absolute Gasteiger partial charge is 0.368 e. The number of nitrogens with zero attached hydrogens (tertiary/aromatic N) is 3. The predicted octanol–water partition coefficient (Wildman–Crippen LogP) is 2.59. The highest BCUT2D eigenvalue weighted by molar-refractivity contribution is 5.81. The number of nitrogens with one attached hydrogen (secondary N) is 2. The van der Waals surface area contributed by atoms with Gasteiger partial charge in [-0.25, -0.2) is 15.0 Å². The Kier molecular flexibility index (Phi) is 3.90. The molecule has 5 heteroatoms. The number of rotatable bonds is 6. The van der Waals surface area contributed by atoms with Crippen molar-refractivity contribution in [2.45, 2.75) is 33.1 Å². The Labute approximate surface area is 101 Å². The van der Waals surface area contributed by atoms with Crippen LogP contribution in [0.15, 0.2) is 12.7 Å². The van der Waals surface area contributed by atoms with Gasteiger partial charge in [-0.15, -0.1) is 0 Å². The van der Waals surface area contributed by atoms with Gasteiger partial charge in [-0.3, -0.25) is 0 Å². The first-order valence-electron chi connectivity index (χ1n) is 6.15. The molecule has 0 amide bonds. The van der Waals surface area contributed by atoms with Gasteiger partial charge in [0, 0.05) is 6.54 Å². The first-order valence-corrected chi connectivity index (χ1v) is 6.15. The van der Waals surface area contributed by atoms with Gasteiger partial charge >= 0.3 is 0 Å². The molecule has 2 aromatic heterocycles. The van der Waals surface area contributed by atoms with Crippen LogP contribution in [0.3, 0.4) is 0 Å². The summed E-state index contributed by atoms with van der Waals surface area (Å²) < 4.78 is 0. The fourth-order valence-electron chi connectivity index (χ4n) is 1.78. The van der Waals surface area contributed by atoms with E-state index in [1.165, 1.54) is 12.8 Å². The lowest BCUT2D eigenvalue weighted by molar-refractivity contribution is 0.544. The number of aromatic nitrogens is 4. The summed E-state index contributed by atoms with van der Waals surface area (Å²) in [6.45, 7) is 5.45. The summed E-state index contributed by atoms with van der Waals surface area (Å²) in [5.74, 6) is 1.63. The average molecular weight is 233 g/mol. The van der Waals surface area contributed by atoms with E-state index in [-0.39, 0.29) is 0 Å². The number of hydrogen-bond donors (Lipinski definition) is 2. The van der Waals surface area contributed by atoms with Crippen LogP contribution >= 0.6 is 0 Å². The maximum Gasteiger partial charge on any atom is 0.182 e. The second-order valence-electron chi connectivity index (χ2n) is 4.64. The quantitative estimate of drug-likeness (QED) is 0.753. The molecule has 0 unspecified atom stereocenters. The maximum absolute atomic E-state index is 4.22. The van der Waals surface area contributed by atoms with Gasteiger partial charge in [-0.1, -0.05) is 26.7 Å². The van der Waals surface area contributed by atoms with E-state index in [4.69, 9.17) is 0 Å². The van der Waals surface area contributed by atoms with Gasteiger partial charge in [0.25, 0.3) is 0 Å². The Morgan fingerprint density at radius 3 is 2.94 bits per heavy atom. The lowest BCUT2D eigenvalue weighted by Gasteiger charge is -2.07. The van der Waals surface area contributed by atoms with Crippen molar-refractivity contribution in [2.75, 3.05) is 11.9 Å². The topological polar surface area (TPSA) is 66.5 Å². The summed E-state index contributed by atoms with van der Waals surface area (Å²) >= 11 is 0. The van der Waals surface area contributed by atoms with Crippen molar-refractivity contribution in [1.82, 2.24) is 19.9 Å². The van der Waals surface area contributed by atoms with Crippen LogP contribution in [0.5, 0.6) is 0 Å². The zero-order valence-electron chi connectivity index (χ0n) is 10.4. The smallest absolute Gasteiger partial charge is 0.182 e. The van der Waals surface area contributed by atoms with Gasteiger partial charge in [-0.2, -0.15) is 0 Å². The lowest BCUT2D eigenvalue weighted by atomic mass is 10.1. The molecule has 92 valence electrons. The standard InChI is InChI=1S/C12H19N5/c1-9(2)5-3-4-6-13-11-10-12(15-7-14-10)17-8-16-11/h7-9H,3-6H2,1-2H3,(H2,13,14,15,16,17). The zero-order chi connectivity index (χ0) is 12.1. The SMILES string of the molecule is CC(C)CCCCNc1ncnc2nc[nH]c12. The number of aromatic amines is 1. The van der Waals surface area contributed by atoms with E-state index >= 15 is 0 Å². The van der Waals surface area contributed by atoms with E-state index < -0.39 is 0 Å². The zero-order valence-corrected chi connectivity index (χ0v) is 10.4. The summed E-state index contributed by atoms with van der Waals surface area (Å²) in [5.41, 5.74) is 1.60. The Morgan fingerprint density at radius 2 is 2.12 bits per heavy atom. The third kappa shape index (κ3) is 3.15. The Balaban J connectivity index is 1.84. The molecule has 0 saturated carbocycles. The molecule has 2 aromatic rings. The number of unbranched alkanes of at least 4 members (excludes halogenated alkanes) is 1. The predicted molar refractivity (Wildman–Crippen MR) is 68.9 cm³/mol. The molecule has 0 aliphatic carbocycles. The molecule has 0 spiro atoms. The Hall–Kier alpha value is -1.65. The van der Waals surface area contributed by atoms with E-state index in [1.807, 2.05) is 0 Å². The van der Waals surface area contributed by atoms with Crippen molar-refractivity contribution < 1.29 is 0 Å². The number of fused-ring (bicyclic) bond motifs is 1. The summed E-state index contributed by atoms with van der Waals surface area (Å²) in [6, 6.07) is 0. The van der Waals surface area contributed by atoms with Gasteiger partial charge < -0.3 is 10.3 Å². The fraction of sp³-hybridized carbons (Fsp3) is 0.583. The minimum Gasteiger partial charge on any atom is -0.368 e. The molecular formula is C12H19N5. The molecule has 0 fully saturated rings. The number of hydrogen-bond acceptors (Lipinski definition) is 4. The van der Waals surface area contributed by atoms with Crippen LogP contribution in [0.25, 0.3) is 11.2 Å². The van der Waals surface area contributed by atoms with Crippen LogP contribution in [0.2, 0.25) is 0 Å². The number of anilines is 1. The van der Waals surface area contributed by atoms with Crippen molar-refractivity contribution in [3.8, 4) is 0 Å². The van der Waals surface area contributed by atoms with Crippen molar-refractivity contribution in [2.24, 2.45) is 5.92 Å². The normalized spacial score (nSPS) is 11.2. The Bertz CT molecular complexity index is 463. The van der Waals surface area contributed by atoms with Crippen LogP contribution in [0.4, 0.5) is 5.82 Å². The summed E-state index contributed by atoms with van der Waals surface area (Å²) in [6.07, 6.45) is 6.88. The van der Waals surface area contributed by atoms with Gasteiger partial charge in [0.1, 0.15) is 11.8 Å². The van der Waals surface area contributed by atoms with E-state index in [1.54, 1.807) is 12.7 Å². The van der Waals surface area contributed by atoms with E-state index in [9.17, 15) is 0 Å². The molecule has 0 bridgehead atoms. The molecular weight excluding hydrogens is 214 g/mol. The third-order valence-electron chi connectivity index (χ3n) is 2.72. The number of imidazole rings is 1. The second kappa shape index (κ2) is 5.61. The minimum absolute atomic E-state index is 0.713. The van der Waals surface area contributed by atoms with E-state index in [0.717, 1.165) is 30.2 Å². The van der Waals surface area contributed by atoms with Gasteiger partial charge in [-0.05, 0) is 12.3 Å². The van der Waals surface area contributed by atoms with Crippen molar-refractivity contribution in [1.29, 1.82) is 0 Å². The van der Waals surface area contributed by atoms with Crippen LogP contribution in [-0.2, 0) is 0 Å². The number of H-pyrrole nitrogens is 1. The van der Waals surface area contributed by atoms with Gasteiger partial charge in [0.05, 0.1) is 6.33 Å². The third-order valence-corrected chi connectivity index (χ3v) is 2.72. The second-order valence-corrected chi connectivity index (χ2v) is 4.64. The van der Waals surface area contributed by atoms with E-state index in [2.05, 4.69) is 39.1 Å². The van der Waals surface area contributed by atoms with Crippen molar-refractivity contribution in [3.63, 3.8) is 0 Å². The summed E-state index contributed by atoms with van der Waals surface area (Å²) in [5, 5.41) is 3.33. The molecule has 0 aliphatic heterocycles. The highest BCUT2D eigenvalue weighted by Gasteiger charge is 2.04. The molecule has 0 saturated heterocycles. The monoisotopic (exact) mass is 233 g/mol. The van der Waals surface area contributed by atoms with E-state index in [0.29, 0.717) is 5.65 Å². The first kappa shape index (κ1) is 11.8. The van der Waals surface area contributed by atoms with Gasteiger partial charge in [0.2, 0.25) is 0 Å². The minimum atomic E-state index is 0.713. The highest BCUT2D eigenvalue weighted by Crippen LogP contribution is 2.14. The molecule has 2 N–H and O–H groups in total. The molecule has 0 radical (unpaired) electrons. The molecule has 5 nitrogen and oxygen atoms in total. The molecule has 0 aliphatic rings. The summed E-state index contributed by atoms with van der Waals surface area (Å²) in [4.78, 5) is 15.4. The van der Waals surface area contributed by atoms with Crippen LogP contribution in [-0.4, -0.2) is 26.5 Å². The molecule has 2 heterocycles. The molecule has 17 heavy (non-hydrogen) atoms. The molecule has 2 rings (SSSR count). The van der Waals surface area contributed by atoms with Gasteiger partial charge in [0.15, 0.2) is 11.5 Å². The first-order chi connectivity index (χ1) is 8.27. The average Bonchev–Trinajstić information content (AvgIpc) is 2.77. The molecule has 0 aromatic carbocycles. The van der Waals surface area contributed by atoms with Crippen LogP contribution in [0, 0.1) is 5.92 Å². The van der Waals surface area contributed by atoms with Crippen LogP contribution < -0.4 is 5.32 Å².